The Balaban J connectivity index is -0.000000386. The van der Waals surface area contributed by atoms with Gasteiger partial charge < -0.3 is 9.84 Å². The molecule has 1 rings (SSSR count). The number of sulfonamides is 2. The Morgan fingerprint density at radius 2 is 1.50 bits per heavy atom. The van der Waals surface area contributed by atoms with Crippen LogP contribution in [-0.2, 0) is 31.4 Å². The Morgan fingerprint density at radius 1 is 1.00 bits per heavy atom. The third-order valence-corrected chi connectivity index (χ3v) is 3.49. The van der Waals surface area contributed by atoms with Crippen molar-refractivity contribution in [3.63, 3.8) is 0 Å². The molecule has 10 heteroatoms. The number of primary sulfonamides is 2. The van der Waals surface area contributed by atoms with Crippen LogP contribution in [0.1, 0.15) is 14.4 Å². The maximum Gasteiger partial charge on any atom is 0.211 e. The van der Waals surface area contributed by atoms with Crippen LogP contribution in [0.4, 0.5) is 0 Å². The van der Waals surface area contributed by atoms with Crippen molar-refractivity contribution in [1.82, 2.24) is 0 Å². The number of hydrogen-bond acceptors (Lipinski definition) is 6. The van der Waals surface area contributed by atoms with Crippen molar-refractivity contribution in [2.75, 3.05) is 24.7 Å². The van der Waals surface area contributed by atoms with E-state index in [1.807, 2.05) is 30.3 Å². The fourth-order valence-electron chi connectivity index (χ4n) is 1.07. The molecular formula is C12H26N2O6S2. The van der Waals surface area contributed by atoms with Gasteiger partial charge in [0.1, 0.15) is 0 Å². The molecule has 22 heavy (non-hydrogen) atoms. The average Bonchev–Trinajstić information content (AvgIpc) is 2.34. The Kier molecular flexibility index (Phi) is 12.2. The number of benzene rings is 1. The van der Waals surface area contributed by atoms with E-state index in [9.17, 15) is 16.8 Å². The molecule has 5 N–H and O–H groups in total. The Hall–Kier alpha value is -1.04. The molecule has 0 amide bonds. The molecule has 1 aromatic rings. The second-order valence-electron chi connectivity index (χ2n) is 4.00. The standard InChI is InChI=1S/C9H13NO3S.C2H7NO3S.CH4.H2/c10-14(11,12)7-6-13-8-9-4-2-1-3-5-9;3-7(5,6)2-1-4;;/h1-5H,6-8H2,(H2,10,11,12);4H,1-2H2,(H2,3,5,6);1H4;1H. The molecule has 0 fully saturated rings. The van der Waals surface area contributed by atoms with Gasteiger partial charge in [0, 0.05) is 1.43 Å². The minimum absolute atomic E-state index is 0. The van der Waals surface area contributed by atoms with Crippen LogP contribution in [0.3, 0.4) is 0 Å². The van der Waals surface area contributed by atoms with E-state index in [4.69, 9.17) is 15.0 Å². The first-order valence-corrected chi connectivity index (χ1v) is 9.30. The van der Waals surface area contributed by atoms with Crippen molar-refractivity contribution in [2.45, 2.75) is 14.0 Å². The molecule has 0 bridgehead atoms. The molecule has 0 aromatic heterocycles. The summed E-state index contributed by atoms with van der Waals surface area (Å²) in [7, 11) is -6.83. The predicted octanol–water partition coefficient (Wildman–Crippen LogP) is -0.359. The topological polar surface area (TPSA) is 150 Å². The first-order chi connectivity index (χ1) is 9.64. The normalized spacial score (nSPS) is 11.0. The summed E-state index contributed by atoms with van der Waals surface area (Å²) in [5.41, 5.74) is 1.02. The summed E-state index contributed by atoms with van der Waals surface area (Å²) in [6.07, 6.45) is 0. The molecular weight excluding hydrogens is 332 g/mol. The molecule has 0 unspecified atom stereocenters. The van der Waals surface area contributed by atoms with Gasteiger partial charge in [-0.1, -0.05) is 37.8 Å². The molecule has 0 saturated heterocycles. The maximum atomic E-state index is 10.5. The number of aliphatic hydroxyl groups excluding tert-OH is 1. The van der Waals surface area contributed by atoms with Crippen molar-refractivity contribution in [1.29, 1.82) is 0 Å². The summed E-state index contributed by atoms with van der Waals surface area (Å²) in [6.45, 7) is 0.142. The lowest BCUT2D eigenvalue weighted by atomic mass is 10.2. The number of hydrogen-bond donors (Lipinski definition) is 3. The highest BCUT2D eigenvalue weighted by Crippen LogP contribution is 2.00. The van der Waals surface area contributed by atoms with Crippen LogP contribution in [0.25, 0.3) is 0 Å². The summed E-state index contributed by atoms with van der Waals surface area (Å²) in [6, 6.07) is 9.54. The van der Waals surface area contributed by atoms with Crippen molar-refractivity contribution < 1.29 is 28.1 Å². The van der Waals surface area contributed by atoms with Gasteiger partial charge in [-0.05, 0) is 5.56 Å². The smallest absolute Gasteiger partial charge is 0.211 e. The maximum absolute atomic E-state index is 10.5. The lowest BCUT2D eigenvalue weighted by molar-refractivity contribution is 0.135. The van der Waals surface area contributed by atoms with E-state index in [0.29, 0.717) is 6.61 Å². The third-order valence-electron chi connectivity index (χ3n) is 2.00. The first kappa shape index (κ1) is 23.2. The molecule has 0 saturated carbocycles. The van der Waals surface area contributed by atoms with Gasteiger partial charge in [-0.25, -0.2) is 27.1 Å². The van der Waals surface area contributed by atoms with E-state index < -0.39 is 26.7 Å². The summed E-state index contributed by atoms with van der Waals surface area (Å²) < 4.78 is 45.9. The SMILES string of the molecule is C.NS(=O)(=O)CCO.NS(=O)(=O)CCOCc1ccccc1.[HH]. The van der Waals surface area contributed by atoms with Gasteiger partial charge in [0.2, 0.25) is 20.0 Å². The minimum atomic E-state index is -3.42. The predicted molar refractivity (Wildman–Crippen MR) is 88.0 cm³/mol. The molecule has 8 nitrogen and oxygen atoms in total. The summed E-state index contributed by atoms with van der Waals surface area (Å²) in [5, 5.41) is 17.2. The molecule has 132 valence electrons. The lowest BCUT2D eigenvalue weighted by Crippen LogP contribution is -2.20. The van der Waals surface area contributed by atoms with E-state index in [1.54, 1.807) is 0 Å². The Bertz CT molecular complexity index is 593. The summed E-state index contributed by atoms with van der Waals surface area (Å²) in [5.74, 6) is -0.493. The average molecular weight is 358 g/mol. The summed E-state index contributed by atoms with van der Waals surface area (Å²) >= 11 is 0. The van der Waals surface area contributed by atoms with Crippen molar-refractivity contribution in [2.24, 2.45) is 10.3 Å². The molecule has 0 heterocycles. The van der Waals surface area contributed by atoms with Crippen LogP contribution < -0.4 is 10.3 Å². The van der Waals surface area contributed by atoms with Gasteiger partial charge in [0.05, 0.1) is 31.3 Å². The zero-order valence-corrected chi connectivity index (χ0v) is 13.0. The van der Waals surface area contributed by atoms with Crippen LogP contribution in [0.2, 0.25) is 0 Å². The highest BCUT2D eigenvalue weighted by Gasteiger charge is 2.01. The lowest BCUT2D eigenvalue weighted by Gasteiger charge is -2.02. The highest BCUT2D eigenvalue weighted by atomic mass is 32.2. The highest BCUT2D eigenvalue weighted by molar-refractivity contribution is 7.89. The van der Waals surface area contributed by atoms with E-state index in [1.165, 1.54) is 0 Å². The zero-order chi connectivity index (χ0) is 16.4. The van der Waals surface area contributed by atoms with Crippen molar-refractivity contribution >= 4 is 20.0 Å². The molecule has 0 aliphatic carbocycles. The summed E-state index contributed by atoms with van der Waals surface area (Å²) in [4.78, 5) is 0. The van der Waals surface area contributed by atoms with Crippen LogP contribution in [-0.4, -0.2) is 46.7 Å². The first-order valence-electron chi connectivity index (χ1n) is 5.87. The van der Waals surface area contributed by atoms with Gasteiger partial charge >= 0.3 is 0 Å². The van der Waals surface area contributed by atoms with Gasteiger partial charge in [-0.3, -0.25) is 0 Å². The van der Waals surface area contributed by atoms with E-state index in [0.717, 1.165) is 5.56 Å². The molecule has 1 aromatic carbocycles. The van der Waals surface area contributed by atoms with Gasteiger partial charge in [-0.15, -0.1) is 0 Å². The van der Waals surface area contributed by atoms with Crippen LogP contribution in [0, 0.1) is 0 Å². The van der Waals surface area contributed by atoms with Crippen LogP contribution in [0.15, 0.2) is 30.3 Å². The largest absolute Gasteiger partial charge is 0.395 e. The third kappa shape index (κ3) is 17.0. The quantitative estimate of drug-likeness (QED) is 0.566. The number of aliphatic hydroxyl groups is 1. The Morgan fingerprint density at radius 3 is 1.86 bits per heavy atom. The van der Waals surface area contributed by atoms with E-state index in [-0.39, 0.29) is 27.0 Å². The molecule has 0 spiro atoms. The van der Waals surface area contributed by atoms with E-state index >= 15 is 0 Å². The Labute approximate surface area is 133 Å². The van der Waals surface area contributed by atoms with Crippen molar-refractivity contribution in [3.05, 3.63) is 35.9 Å². The van der Waals surface area contributed by atoms with Crippen molar-refractivity contribution in [3.8, 4) is 0 Å². The van der Waals surface area contributed by atoms with Gasteiger partial charge in [0.25, 0.3) is 0 Å². The number of rotatable bonds is 7. The minimum Gasteiger partial charge on any atom is -0.395 e. The monoisotopic (exact) mass is 358 g/mol. The molecule has 0 radical (unpaired) electrons. The number of ether oxygens (including phenoxy) is 1. The second kappa shape index (κ2) is 11.5. The van der Waals surface area contributed by atoms with Crippen LogP contribution >= 0.6 is 0 Å². The molecule has 0 aliphatic rings. The zero-order valence-electron chi connectivity index (χ0n) is 11.4. The van der Waals surface area contributed by atoms with Gasteiger partial charge in [0.15, 0.2) is 0 Å². The van der Waals surface area contributed by atoms with E-state index in [2.05, 4.69) is 5.14 Å². The second-order valence-corrected chi connectivity index (χ2v) is 7.46. The van der Waals surface area contributed by atoms with Gasteiger partial charge in [-0.2, -0.15) is 0 Å². The number of nitrogens with two attached hydrogens (primary N) is 2. The molecule has 0 aliphatic heterocycles. The fraction of sp³-hybridized carbons (Fsp3) is 0.500. The van der Waals surface area contributed by atoms with Crippen LogP contribution in [0.5, 0.6) is 0 Å². The molecule has 0 atom stereocenters. The fourth-order valence-corrected chi connectivity index (χ4v) is 1.67.